The molecule has 0 saturated heterocycles. The molecule has 0 aliphatic rings. The lowest BCUT2D eigenvalue weighted by Gasteiger charge is -2.26. The summed E-state index contributed by atoms with van der Waals surface area (Å²) in [6.07, 6.45) is 4.26. The second kappa shape index (κ2) is 9.70. The third-order valence-corrected chi connectivity index (χ3v) is 4.39. The highest BCUT2D eigenvalue weighted by molar-refractivity contribution is 7.09. The van der Waals surface area contributed by atoms with E-state index in [4.69, 9.17) is 16.7 Å². The first-order valence-electron chi connectivity index (χ1n) is 7.01. The van der Waals surface area contributed by atoms with Gasteiger partial charge in [0.25, 0.3) is 0 Å². The summed E-state index contributed by atoms with van der Waals surface area (Å²) in [7, 11) is 0. The van der Waals surface area contributed by atoms with Crippen LogP contribution in [0.4, 0.5) is 0 Å². The molecule has 0 spiro atoms. The fraction of sp³-hybridized carbons (Fsp3) is 0.786. The zero-order valence-corrected chi connectivity index (χ0v) is 13.5. The molecule has 0 unspecified atom stereocenters. The molecular weight excluding hydrogens is 280 g/mol. The molecule has 0 amide bonds. The normalized spacial score (nSPS) is 11.7. The van der Waals surface area contributed by atoms with Crippen molar-refractivity contribution >= 4 is 22.9 Å². The summed E-state index contributed by atoms with van der Waals surface area (Å²) in [5.41, 5.74) is 0.994. The minimum Gasteiger partial charge on any atom is -0.396 e. The second-order valence-electron chi connectivity index (χ2n) is 5.03. The Morgan fingerprint density at radius 3 is 2.63 bits per heavy atom. The fourth-order valence-electron chi connectivity index (χ4n) is 2.02. The first-order chi connectivity index (χ1) is 9.17. The van der Waals surface area contributed by atoms with Crippen LogP contribution in [0.1, 0.15) is 43.8 Å². The molecule has 0 aliphatic carbocycles. The molecule has 0 aliphatic heterocycles. The van der Waals surface area contributed by atoms with Gasteiger partial charge in [-0.15, -0.1) is 22.9 Å². The molecule has 19 heavy (non-hydrogen) atoms. The van der Waals surface area contributed by atoms with E-state index in [0.29, 0.717) is 11.9 Å². The molecule has 0 fully saturated rings. The van der Waals surface area contributed by atoms with Gasteiger partial charge in [0.1, 0.15) is 0 Å². The molecule has 0 saturated carbocycles. The number of aromatic nitrogens is 1. The van der Waals surface area contributed by atoms with Crippen molar-refractivity contribution in [3.8, 4) is 0 Å². The van der Waals surface area contributed by atoms with Crippen LogP contribution in [0.2, 0.25) is 0 Å². The number of hydrogen-bond acceptors (Lipinski definition) is 4. The van der Waals surface area contributed by atoms with Crippen molar-refractivity contribution in [3.63, 3.8) is 0 Å². The van der Waals surface area contributed by atoms with Gasteiger partial charge >= 0.3 is 0 Å². The molecule has 1 heterocycles. The molecule has 5 heteroatoms. The molecule has 1 aromatic heterocycles. The minimum absolute atomic E-state index is 0.281. The Hall–Kier alpha value is -0.160. The third-order valence-electron chi connectivity index (χ3n) is 3.16. The SMILES string of the molecule is CC(C)N(CCCO)CCCCc1nc(CCl)cs1. The van der Waals surface area contributed by atoms with Crippen molar-refractivity contribution in [2.75, 3.05) is 19.7 Å². The number of alkyl halides is 1. The molecule has 110 valence electrons. The molecule has 0 radical (unpaired) electrons. The standard InChI is InChI=1S/C14H25ClN2OS/c1-12(2)17(8-5-9-18)7-4-3-6-14-16-13(10-15)11-19-14/h11-12,18H,3-10H2,1-2H3. The van der Waals surface area contributed by atoms with Gasteiger partial charge in [-0.3, -0.25) is 0 Å². The molecule has 1 N–H and O–H groups in total. The Morgan fingerprint density at radius 2 is 2.05 bits per heavy atom. The number of unbranched alkanes of at least 4 members (excludes halogenated alkanes) is 1. The van der Waals surface area contributed by atoms with E-state index in [-0.39, 0.29) is 6.61 Å². The lowest BCUT2D eigenvalue weighted by atomic mass is 10.2. The van der Waals surface area contributed by atoms with Crippen LogP contribution in [0, 0.1) is 0 Å². The maximum atomic E-state index is 8.90. The summed E-state index contributed by atoms with van der Waals surface area (Å²) in [4.78, 5) is 6.90. The predicted molar refractivity (Wildman–Crippen MR) is 83.0 cm³/mol. The highest BCUT2D eigenvalue weighted by Crippen LogP contribution is 2.14. The van der Waals surface area contributed by atoms with E-state index in [2.05, 4.69) is 23.7 Å². The maximum absolute atomic E-state index is 8.90. The van der Waals surface area contributed by atoms with Gasteiger partial charge in [-0.2, -0.15) is 0 Å². The van der Waals surface area contributed by atoms with Gasteiger partial charge < -0.3 is 10.0 Å². The molecule has 0 aromatic carbocycles. The predicted octanol–water partition coefficient (Wildman–Crippen LogP) is 3.30. The second-order valence-corrected chi connectivity index (χ2v) is 6.24. The van der Waals surface area contributed by atoms with Gasteiger partial charge in [0.05, 0.1) is 16.6 Å². The van der Waals surface area contributed by atoms with E-state index >= 15 is 0 Å². The summed E-state index contributed by atoms with van der Waals surface area (Å²) in [6.45, 7) is 6.80. The van der Waals surface area contributed by atoms with Crippen LogP contribution in [0.5, 0.6) is 0 Å². The molecule has 3 nitrogen and oxygen atoms in total. The third kappa shape index (κ3) is 6.70. The van der Waals surface area contributed by atoms with Crippen LogP contribution in [-0.2, 0) is 12.3 Å². The van der Waals surface area contributed by atoms with E-state index in [0.717, 1.165) is 38.0 Å². The van der Waals surface area contributed by atoms with Crippen LogP contribution in [0.15, 0.2) is 5.38 Å². The maximum Gasteiger partial charge on any atom is 0.0928 e. The van der Waals surface area contributed by atoms with E-state index < -0.39 is 0 Å². The average Bonchev–Trinajstić information content (AvgIpc) is 2.85. The van der Waals surface area contributed by atoms with E-state index in [1.807, 2.05) is 5.38 Å². The first-order valence-corrected chi connectivity index (χ1v) is 8.43. The van der Waals surface area contributed by atoms with Gasteiger partial charge in [0, 0.05) is 24.6 Å². The Bertz CT molecular complexity index is 344. The van der Waals surface area contributed by atoms with Crippen LogP contribution in [0.25, 0.3) is 0 Å². The Balaban J connectivity index is 2.20. The van der Waals surface area contributed by atoms with E-state index in [1.54, 1.807) is 11.3 Å². The Morgan fingerprint density at radius 1 is 1.32 bits per heavy atom. The number of hydrogen-bond donors (Lipinski definition) is 1. The zero-order valence-electron chi connectivity index (χ0n) is 11.9. The lowest BCUT2D eigenvalue weighted by Crippen LogP contribution is -2.33. The minimum atomic E-state index is 0.281. The van der Waals surface area contributed by atoms with Crippen molar-refractivity contribution in [1.29, 1.82) is 0 Å². The van der Waals surface area contributed by atoms with Crippen molar-refractivity contribution in [1.82, 2.24) is 9.88 Å². The van der Waals surface area contributed by atoms with Gasteiger partial charge in [-0.05, 0) is 46.1 Å². The average molecular weight is 305 g/mol. The van der Waals surface area contributed by atoms with Crippen LogP contribution in [-0.4, -0.2) is 40.7 Å². The number of aliphatic hydroxyl groups is 1. The lowest BCUT2D eigenvalue weighted by molar-refractivity contribution is 0.189. The van der Waals surface area contributed by atoms with Crippen LogP contribution >= 0.6 is 22.9 Å². The van der Waals surface area contributed by atoms with Crippen molar-refractivity contribution < 1.29 is 5.11 Å². The summed E-state index contributed by atoms with van der Waals surface area (Å²) in [5.74, 6) is 0.513. The number of rotatable bonds is 10. The molecule has 1 aromatic rings. The molecular formula is C14H25ClN2OS. The van der Waals surface area contributed by atoms with Crippen LogP contribution in [0.3, 0.4) is 0 Å². The van der Waals surface area contributed by atoms with E-state index in [9.17, 15) is 0 Å². The highest BCUT2D eigenvalue weighted by Gasteiger charge is 2.08. The van der Waals surface area contributed by atoms with E-state index in [1.165, 1.54) is 11.4 Å². The van der Waals surface area contributed by atoms with Crippen molar-refractivity contribution in [2.24, 2.45) is 0 Å². The summed E-state index contributed by atoms with van der Waals surface area (Å²) in [6, 6.07) is 0.550. The monoisotopic (exact) mass is 304 g/mol. The molecule has 0 bridgehead atoms. The zero-order chi connectivity index (χ0) is 14.1. The highest BCUT2D eigenvalue weighted by atomic mass is 35.5. The first kappa shape index (κ1) is 16.9. The number of aryl methyl sites for hydroxylation is 1. The van der Waals surface area contributed by atoms with Gasteiger partial charge in [0.15, 0.2) is 0 Å². The van der Waals surface area contributed by atoms with Gasteiger partial charge in [-0.25, -0.2) is 4.98 Å². The van der Waals surface area contributed by atoms with Crippen molar-refractivity contribution in [3.05, 3.63) is 16.1 Å². The summed E-state index contributed by atoms with van der Waals surface area (Å²) < 4.78 is 0. The topological polar surface area (TPSA) is 36.4 Å². The number of thiazole rings is 1. The van der Waals surface area contributed by atoms with Crippen LogP contribution < -0.4 is 0 Å². The smallest absolute Gasteiger partial charge is 0.0928 e. The largest absolute Gasteiger partial charge is 0.396 e. The quantitative estimate of drug-likeness (QED) is 0.532. The van der Waals surface area contributed by atoms with Gasteiger partial charge in [-0.1, -0.05) is 0 Å². The number of halogens is 1. The fourth-order valence-corrected chi connectivity index (χ4v) is 3.09. The Kier molecular flexibility index (Phi) is 8.62. The summed E-state index contributed by atoms with van der Waals surface area (Å²) in [5, 5.41) is 12.1. The number of nitrogens with zero attached hydrogens (tertiary/aromatic N) is 2. The van der Waals surface area contributed by atoms with Gasteiger partial charge in [0.2, 0.25) is 0 Å². The number of aliphatic hydroxyl groups excluding tert-OH is 1. The van der Waals surface area contributed by atoms with Crippen molar-refractivity contribution in [2.45, 2.75) is 51.5 Å². The summed E-state index contributed by atoms with van der Waals surface area (Å²) >= 11 is 7.45. The molecule has 0 atom stereocenters. The Labute approximate surface area is 125 Å². The molecule has 1 rings (SSSR count).